The molecule has 0 amide bonds. The molecular weight excluding hydrogens is 194 g/mol. The minimum absolute atomic E-state index is 0.440. The first-order chi connectivity index (χ1) is 7.02. The van der Waals surface area contributed by atoms with Crippen LogP contribution in [0.2, 0.25) is 0 Å². The van der Waals surface area contributed by atoms with Gasteiger partial charge in [0, 0.05) is 6.92 Å². The summed E-state index contributed by atoms with van der Waals surface area (Å²) in [5, 5.41) is 8.74. The summed E-state index contributed by atoms with van der Waals surface area (Å²) in [6.45, 7) is 2.99. The zero-order chi connectivity index (χ0) is 11.4. The lowest BCUT2D eigenvalue weighted by Gasteiger charge is -2.00. The van der Waals surface area contributed by atoms with Crippen molar-refractivity contribution in [2.24, 2.45) is 4.99 Å². The number of carbonyl (C=O) groups is 2. The van der Waals surface area contributed by atoms with Crippen LogP contribution in [0.15, 0.2) is 29.3 Å². The summed E-state index contributed by atoms with van der Waals surface area (Å²) < 4.78 is 0. The van der Waals surface area contributed by atoms with E-state index < -0.39 is 17.5 Å². The van der Waals surface area contributed by atoms with Gasteiger partial charge in [-0.05, 0) is 18.6 Å². The molecule has 4 heteroatoms. The fourth-order valence-electron chi connectivity index (χ4n) is 1.09. The lowest BCUT2D eigenvalue weighted by Crippen LogP contribution is -2.20. The van der Waals surface area contributed by atoms with Crippen molar-refractivity contribution in [3.63, 3.8) is 0 Å². The quantitative estimate of drug-likeness (QED) is 0.603. The number of aliphatic imine (C=N–C) groups is 1. The maximum Gasteiger partial charge on any atom is 0.358 e. The van der Waals surface area contributed by atoms with Crippen molar-refractivity contribution in [3.8, 4) is 0 Å². The first-order valence-corrected chi connectivity index (χ1v) is 4.41. The Morgan fingerprint density at radius 1 is 1.27 bits per heavy atom. The Labute approximate surface area is 87.3 Å². The van der Waals surface area contributed by atoms with Gasteiger partial charge in [-0.2, -0.15) is 0 Å². The molecule has 1 aromatic rings. The Morgan fingerprint density at radius 2 is 1.87 bits per heavy atom. The van der Waals surface area contributed by atoms with Gasteiger partial charge in [-0.15, -0.1) is 0 Å². The minimum Gasteiger partial charge on any atom is -0.476 e. The number of hydrogen-bond acceptors (Lipinski definition) is 3. The van der Waals surface area contributed by atoms with E-state index in [1.807, 2.05) is 6.07 Å². The molecule has 1 N–H and O–H groups in total. The molecule has 0 spiro atoms. The number of Topliss-reactive ketones (excluding diaryl/α,β-unsaturated/α-hetero) is 1. The molecule has 0 radical (unpaired) electrons. The summed E-state index contributed by atoms with van der Waals surface area (Å²) in [5.41, 5.74) is 0.895. The molecular formula is C11H11NO3. The van der Waals surface area contributed by atoms with Gasteiger partial charge in [-0.1, -0.05) is 18.2 Å². The first-order valence-electron chi connectivity index (χ1n) is 4.41. The highest BCUT2D eigenvalue weighted by Crippen LogP contribution is 2.17. The second-order valence-electron chi connectivity index (χ2n) is 3.11. The summed E-state index contributed by atoms with van der Waals surface area (Å²) >= 11 is 0. The maximum atomic E-state index is 11.0. The van der Waals surface area contributed by atoms with E-state index in [1.54, 1.807) is 25.1 Å². The number of carboxylic acids is 1. The van der Waals surface area contributed by atoms with Gasteiger partial charge in [0.25, 0.3) is 0 Å². The van der Waals surface area contributed by atoms with Crippen LogP contribution in [0.4, 0.5) is 5.69 Å². The number of ketones is 1. The molecule has 15 heavy (non-hydrogen) atoms. The second-order valence-corrected chi connectivity index (χ2v) is 3.11. The number of aliphatic carboxylic acids is 1. The van der Waals surface area contributed by atoms with Crippen LogP contribution in [0.5, 0.6) is 0 Å². The van der Waals surface area contributed by atoms with E-state index in [0.717, 1.165) is 5.56 Å². The number of para-hydroxylation sites is 1. The molecule has 0 fully saturated rings. The van der Waals surface area contributed by atoms with Crippen LogP contribution in [-0.2, 0) is 9.59 Å². The monoisotopic (exact) mass is 205 g/mol. The van der Waals surface area contributed by atoms with Crippen LogP contribution in [-0.4, -0.2) is 22.6 Å². The second kappa shape index (κ2) is 4.50. The molecule has 0 bridgehead atoms. The van der Waals surface area contributed by atoms with Crippen molar-refractivity contribution < 1.29 is 14.7 Å². The lowest BCUT2D eigenvalue weighted by molar-refractivity contribution is -0.130. The van der Waals surface area contributed by atoms with Crippen LogP contribution >= 0.6 is 0 Å². The Kier molecular flexibility index (Phi) is 3.33. The zero-order valence-corrected chi connectivity index (χ0v) is 8.52. The number of carbonyl (C=O) groups excluding carboxylic acids is 1. The fraction of sp³-hybridized carbons (Fsp3) is 0.182. The van der Waals surface area contributed by atoms with Crippen LogP contribution in [0, 0.1) is 6.92 Å². The smallest absolute Gasteiger partial charge is 0.358 e. The highest BCUT2D eigenvalue weighted by molar-refractivity contribution is 6.63. The normalized spacial score (nSPS) is 11.2. The predicted molar refractivity (Wildman–Crippen MR) is 56.6 cm³/mol. The Balaban J connectivity index is 3.19. The number of carboxylic acid groups (broad SMARTS) is 1. The van der Waals surface area contributed by atoms with E-state index in [1.165, 1.54) is 6.92 Å². The third-order valence-corrected chi connectivity index (χ3v) is 1.88. The molecule has 1 rings (SSSR count). The lowest BCUT2D eigenvalue weighted by atomic mass is 10.2. The van der Waals surface area contributed by atoms with E-state index >= 15 is 0 Å². The summed E-state index contributed by atoms with van der Waals surface area (Å²) in [5.74, 6) is -1.85. The van der Waals surface area contributed by atoms with Gasteiger partial charge < -0.3 is 5.11 Å². The topological polar surface area (TPSA) is 66.7 Å². The van der Waals surface area contributed by atoms with Crippen molar-refractivity contribution in [1.82, 2.24) is 0 Å². The molecule has 78 valence electrons. The minimum atomic E-state index is -1.30. The number of nitrogens with zero attached hydrogens (tertiary/aromatic N) is 1. The molecule has 0 aliphatic carbocycles. The summed E-state index contributed by atoms with van der Waals surface area (Å²) in [4.78, 5) is 25.5. The average Bonchev–Trinajstić information content (AvgIpc) is 2.15. The maximum absolute atomic E-state index is 11.0. The number of hydrogen-bond donors (Lipinski definition) is 1. The predicted octanol–water partition coefficient (Wildman–Crippen LogP) is 1.74. The van der Waals surface area contributed by atoms with E-state index in [4.69, 9.17) is 5.11 Å². The molecule has 4 nitrogen and oxygen atoms in total. The fourth-order valence-corrected chi connectivity index (χ4v) is 1.09. The molecule has 0 aromatic heterocycles. The summed E-state index contributed by atoms with van der Waals surface area (Å²) in [6.07, 6.45) is 0. The standard InChI is InChI=1S/C11H11NO3/c1-7-5-3-4-6-9(7)12-10(8(2)13)11(14)15/h3-6H,1-2H3,(H,14,15)/b12-10+. The summed E-state index contributed by atoms with van der Waals surface area (Å²) in [6, 6.07) is 7.04. The van der Waals surface area contributed by atoms with Crippen LogP contribution in [0.25, 0.3) is 0 Å². The van der Waals surface area contributed by atoms with Crippen molar-refractivity contribution in [2.75, 3.05) is 0 Å². The van der Waals surface area contributed by atoms with Gasteiger partial charge in [0.05, 0.1) is 5.69 Å². The van der Waals surface area contributed by atoms with Gasteiger partial charge in [-0.25, -0.2) is 9.79 Å². The number of rotatable bonds is 3. The SMILES string of the molecule is CC(=O)/C(=N\c1ccccc1C)C(=O)O. The number of aryl methyl sites for hydroxylation is 1. The summed E-state index contributed by atoms with van der Waals surface area (Å²) in [7, 11) is 0. The average molecular weight is 205 g/mol. The van der Waals surface area contributed by atoms with E-state index in [0.29, 0.717) is 5.69 Å². The van der Waals surface area contributed by atoms with Gasteiger partial charge in [0.1, 0.15) is 0 Å². The van der Waals surface area contributed by atoms with Crippen molar-refractivity contribution in [2.45, 2.75) is 13.8 Å². The third kappa shape index (κ3) is 2.74. The Hall–Kier alpha value is -1.97. The van der Waals surface area contributed by atoms with Crippen molar-refractivity contribution in [3.05, 3.63) is 29.8 Å². The van der Waals surface area contributed by atoms with Crippen molar-refractivity contribution >= 4 is 23.2 Å². The van der Waals surface area contributed by atoms with Gasteiger partial charge >= 0.3 is 5.97 Å². The van der Waals surface area contributed by atoms with Crippen LogP contribution in [0.1, 0.15) is 12.5 Å². The van der Waals surface area contributed by atoms with Crippen LogP contribution in [0.3, 0.4) is 0 Å². The third-order valence-electron chi connectivity index (χ3n) is 1.88. The highest BCUT2D eigenvalue weighted by atomic mass is 16.4. The van der Waals surface area contributed by atoms with Crippen molar-refractivity contribution in [1.29, 1.82) is 0 Å². The Bertz CT molecular complexity index is 419. The molecule has 0 saturated heterocycles. The molecule has 0 atom stereocenters. The largest absolute Gasteiger partial charge is 0.476 e. The van der Waals surface area contributed by atoms with Gasteiger partial charge in [-0.3, -0.25) is 4.79 Å². The molecule has 0 aliphatic heterocycles. The van der Waals surface area contributed by atoms with Crippen LogP contribution < -0.4 is 0 Å². The van der Waals surface area contributed by atoms with Gasteiger partial charge in [0.2, 0.25) is 0 Å². The van der Waals surface area contributed by atoms with E-state index in [-0.39, 0.29) is 0 Å². The highest BCUT2D eigenvalue weighted by Gasteiger charge is 2.15. The Morgan fingerprint density at radius 3 is 2.33 bits per heavy atom. The van der Waals surface area contributed by atoms with E-state index in [9.17, 15) is 9.59 Å². The molecule has 0 aliphatic rings. The van der Waals surface area contributed by atoms with Gasteiger partial charge in [0.15, 0.2) is 11.5 Å². The first kappa shape index (κ1) is 11.1. The number of benzene rings is 1. The molecule has 0 heterocycles. The molecule has 0 unspecified atom stereocenters. The van der Waals surface area contributed by atoms with E-state index in [2.05, 4.69) is 4.99 Å². The molecule has 0 saturated carbocycles. The zero-order valence-electron chi connectivity index (χ0n) is 8.52. The molecule has 1 aromatic carbocycles.